The van der Waals surface area contributed by atoms with E-state index in [1.54, 1.807) is 42.6 Å². The normalized spacial score (nSPS) is 30.7. The lowest BCUT2D eigenvalue weighted by molar-refractivity contribution is -0.159. The Morgan fingerprint density at radius 1 is 1.39 bits per heavy atom. The highest BCUT2D eigenvalue weighted by Gasteiger charge is 2.57. The molecule has 0 aromatic carbocycles. The van der Waals surface area contributed by atoms with E-state index in [0.29, 0.717) is 32.2 Å². The van der Waals surface area contributed by atoms with Gasteiger partial charge in [-0.2, -0.15) is 0 Å². The Kier molecular flexibility index (Phi) is 7.07. The van der Waals surface area contributed by atoms with Gasteiger partial charge in [0, 0.05) is 55.3 Å². The fourth-order valence-electron chi connectivity index (χ4n) is 5.10. The third kappa shape index (κ3) is 4.22. The molecule has 31 heavy (non-hydrogen) atoms. The van der Waals surface area contributed by atoms with Crippen LogP contribution in [0.25, 0.3) is 0 Å². The fourth-order valence-corrected chi connectivity index (χ4v) is 6.59. The highest BCUT2D eigenvalue weighted by molar-refractivity contribution is 8.03. The van der Waals surface area contributed by atoms with Crippen molar-refractivity contribution in [2.75, 3.05) is 20.6 Å². The van der Waals surface area contributed by atoms with E-state index in [-0.39, 0.29) is 40.8 Å². The third-order valence-electron chi connectivity index (χ3n) is 6.67. The van der Waals surface area contributed by atoms with Gasteiger partial charge in [-0.25, -0.2) is 0 Å². The average Bonchev–Trinajstić information content (AvgIpc) is 3.20. The maximum absolute atomic E-state index is 12.8. The highest BCUT2D eigenvalue weighted by atomic mass is 32.2. The molecule has 6 atom stereocenters. The summed E-state index contributed by atoms with van der Waals surface area (Å²) in [6, 6.07) is -0.468. The van der Waals surface area contributed by atoms with Crippen LogP contribution < -0.4 is 0 Å². The van der Waals surface area contributed by atoms with Crippen molar-refractivity contribution in [2.45, 2.75) is 69.9 Å². The monoisotopic (exact) mass is 447 g/mol. The molecular weight excluding hydrogens is 414 g/mol. The summed E-state index contributed by atoms with van der Waals surface area (Å²) in [5, 5.41) is 10.1. The predicted molar refractivity (Wildman–Crippen MR) is 121 cm³/mol. The molecule has 2 fully saturated rings. The van der Waals surface area contributed by atoms with E-state index in [0.717, 1.165) is 10.6 Å². The van der Waals surface area contributed by atoms with Crippen molar-refractivity contribution in [1.82, 2.24) is 14.7 Å². The van der Waals surface area contributed by atoms with E-state index in [1.807, 2.05) is 11.8 Å². The minimum atomic E-state index is -0.668. The number of carbonyl (C=O) groups is 3. The van der Waals surface area contributed by atoms with Gasteiger partial charge in [-0.05, 0) is 26.7 Å². The lowest BCUT2D eigenvalue weighted by atomic mass is 9.79. The van der Waals surface area contributed by atoms with Crippen LogP contribution in [0.3, 0.4) is 0 Å². The second-order valence-electron chi connectivity index (χ2n) is 9.03. The summed E-state index contributed by atoms with van der Waals surface area (Å²) < 4.78 is 0. The van der Waals surface area contributed by atoms with Crippen LogP contribution in [-0.2, 0) is 14.4 Å². The summed E-state index contributed by atoms with van der Waals surface area (Å²) in [5.74, 6) is 2.22. The number of aliphatic hydroxyl groups excluding tert-OH is 1. The van der Waals surface area contributed by atoms with Gasteiger partial charge in [-0.3, -0.25) is 14.4 Å². The summed E-state index contributed by atoms with van der Waals surface area (Å²) in [6.45, 7) is 6.23. The Balaban J connectivity index is 1.74. The van der Waals surface area contributed by atoms with Crippen molar-refractivity contribution >= 4 is 29.5 Å². The number of fused-ring (bicyclic) bond motifs is 1. The number of hydrogen-bond acceptors (Lipinski definition) is 5. The molecule has 3 aliphatic heterocycles. The van der Waals surface area contributed by atoms with Gasteiger partial charge in [0.05, 0.1) is 18.1 Å². The number of carbonyl (C=O) groups excluding carboxylic acids is 3. The van der Waals surface area contributed by atoms with Crippen molar-refractivity contribution in [3.8, 4) is 12.3 Å². The number of nitrogens with zero attached hydrogens (tertiary/aromatic N) is 3. The van der Waals surface area contributed by atoms with E-state index in [4.69, 9.17) is 6.42 Å². The van der Waals surface area contributed by atoms with Gasteiger partial charge < -0.3 is 19.8 Å². The largest absolute Gasteiger partial charge is 0.393 e. The van der Waals surface area contributed by atoms with Crippen molar-refractivity contribution < 1.29 is 19.5 Å². The SMILES string of the molecule is C#CCCCC(=O)N1C[C@H](SC2=C(C)N3C(=O)[C@H]([C@@H](C)O)C3[C@H]2C)C[C@H]1C(=O)N(C)C. The average molecular weight is 448 g/mol. The number of β-lactam (4-membered cyclic amide) rings is 1. The summed E-state index contributed by atoms with van der Waals surface area (Å²) in [5.41, 5.74) is 0.943. The quantitative estimate of drug-likeness (QED) is 0.365. The number of aliphatic hydroxyl groups is 1. The Morgan fingerprint density at radius 2 is 2.06 bits per heavy atom. The molecule has 170 valence electrons. The van der Waals surface area contributed by atoms with E-state index in [2.05, 4.69) is 12.8 Å². The Morgan fingerprint density at radius 3 is 2.65 bits per heavy atom. The Bertz CT molecular complexity index is 831. The molecule has 0 radical (unpaired) electrons. The van der Waals surface area contributed by atoms with E-state index < -0.39 is 12.1 Å². The maximum Gasteiger partial charge on any atom is 0.244 e. The predicted octanol–water partition coefficient (Wildman–Crippen LogP) is 1.67. The zero-order valence-electron chi connectivity index (χ0n) is 19.0. The van der Waals surface area contributed by atoms with E-state index in [1.165, 1.54) is 0 Å². The molecule has 0 bridgehead atoms. The van der Waals surface area contributed by atoms with Gasteiger partial charge in [-0.1, -0.05) is 6.92 Å². The number of likely N-dealkylation sites (tertiary alicyclic amines) is 1. The Hall–Kier alpha value is -1.98. The first-order valence-electron chi connectivity index (χ1n) is 10.9. The molecule has 7 nitrogen and oxygen atoms in total. The van der Waals surface area contributed by atoms with Crippen molar-refractivity contribution in [1.29, 1.82) is 0 Å². The number of rotatable bonds is 7. The first kappa shape index (κ1) is 23.7. The van der Waals surface area contributed by atoms with Crippen molar-refractivity contribution in [3.05, 3.63) is 10.6 Å². The van der Waals surface area contributed by atoms with Gasteiger partial charge in [0.25, 0.3) is 0 Å². The maximum atomic E-state index is 12.8. The molecule has 3 rings (SSSR count). The summed E-state index contributed by atoms with van der Waals surface area (Å²) >= 11 is 1.68. The molecule has 2 saturated heterocycles. The van der Waals surface area contributed by atoms with Crippen LogP contribution in [0.15, 0.2) is 10.6 Å². The van der Waals surface area contributed by atoms with Crippen LogP contribution in [-0.4, -0.2) is 81.6 Å². The molecule has 0 spiro atoms. The third-order valence-corrected chi connectivity index (χ3v) is 8.26. The molecule has 0 aromatic heterocycles. The number of likely N-dealkylation sites (N-methyl/N-ethyl adjacent to an activating group) is 1. The van der Waals surface area contributed by atoms with Gasteiger partial charge in [0.1, 0.15) is 6.04 Å². The van der Waals surface area contributed by atoms with Crippen LogP contribution in [0.4, 0.5) is 0 Å². The zero-order valence-corrected chi connectivity index (χ0v) is 19.8. The van der Waals surface area contributed by atoms with Gasteiger partial charge in [0.15, 0.2) is 0 Å². The summed E-state index contributed by atoms with van der Waals surface area (Å²) in [7, 11) is 3.42. The molecule has 3 aliphatic rings. The van der Waals surface area contributed by atoms with Crippen molar-refractivity contribution in [2.24, 2.45) is 11.8 Å². The lowest BCUT2D eigenvalue weighted by Crippen LogP contribution is -2.62. The summed E-state index contributed by atoms with van der Waals surface area (Å²) in [6.07, 6.45) is 6.73. The fraction of sp³-hybridized carbons (Fsp3) is 0.696. The lowest BCUT2D eigenvalue weighted by Gasteiger charge is -2.46. The molecule has 8 heteroatoms. The van der Waals surface area contributed by atoms with Gasteiger partial charge in [-0.15, -0.1) is 24.1 Å². The summed E-state index contributed by atoms with van der Waals surface area (Å²) in [4.78, 5) is 44.3. The number of unbranched alkanes of at least 4 members (excludes halogenated alkanes) is 1. The number of terminal acetylenes is 1. The Labute approximate surface area is 189 Å². The van der Waals surface area contributed by atoms with Gasteiger partial charge >= 0.3 is 0 Å². The molecule has 0 saturated carbocycles. The van der Waals surface area contributed by atoms with E-state index >= 15 is 0 Å². The molecule has 0 aromatic rings. The molecule has 3 amide bonds. The molecule has 1 unspecified atom stereocenters. The first-order chi connectivity index (χ1) is 14.6. The van der Waals surface area contributed by atoms with Crippen LogP contribution in [0.5, 0.6) is 0 Å². The van der Waals surface area contributed by atoms with Crippen LogP contribution in [0.1, 0.15) is 46.5 Å². The van der Waals surface area contributed by atoms with Crippen LogP contribution in [0, 0.1) is 24.2 Å². The van der Waals surface area contributed by atoms with Crippen molar-refractivity contribution in [3.63, 3.8) is 0 Å². The molecule has 1 N–H and O–H groups in total. The van der Waals surface area contributed by atoms with Crippen LogP contribution in [0.2, 0.25) is 0 Å². The highest BCUT2D eigenvalue weighted by Crippen LogP contribution is 2.52. The van der Waals surface area contributed by atoms with Gasteiger partial charge in [0.2, 0.25) is 17.7 Å². The number of thioether (sulfide) groups is 1. The molecule has 3 heterocycles. The topological polar surface area (TPSA) is 81.2 Å². The number of amides is 3. The van der Waals surface area contributed by atoms with E-state index in [9.17, 15) is 19.5 Å². The smallest absolute Gasteiger partial charge is 0.244 e. The molecule has 0 aliphatic carbocycles. The molecular formula is C23H33N3O4S. The first-order valence-corrected chi connectivity index (χ1v) is 11.8. The second-order valence-corrected chi connectivity index (χ2v) is 10.4. The minimum absolute atomic E-state index is 0.00268. The number of allylic oxidation sites excluding steroid dienone is 1. The zero-order chi connectivity index (χ0) is 23.0. The standard InChI is InChI=1S/C23H33N3O4S/c1-7-8-9-10-18(28)25-12-16(11-17(25)22(29)24(5)6)31-21-13(2)20-19(15(4)27)23(30)26(20)14(21)3/h1,13,15-17,19-20,27H,8-12H2,2-6H3/t13-,15-,16-,17+,19-,20?/m1/s1. The second kappa shape index (κ2) is 9.25. The number of hydrogen-bond donors (Lipinski definition) is 1. The minimum Gasteiger partial charge on any atom is -0.393 e. The van der Waals surface area contributed by atoms with Crippen LogP contribution >= 0.6 is 11.8 Å².